The third-order valence-corrected chi connectivity index (χ3v) is 6.70. The average Bonchev–Trinajstić information content (AvgIpc) is 3.37. The smallest absolute Gasteiger partial charge is 0.277 e. The number of hydrogen-bond acceptors (Lipinski definition) is 8. The number of thiazole rings is 1. The van der Waals surface area contributed by atoms with Gasteiger partial charge in [-0.3, -0.25) is 0 Å². The normalized spacial score (nSPS) is 13.1. The number of benzene rings is 2. The van der Waals surface area contributed by atoms with E-state index in [1.807, 2.05) is 56.3 Å². The van der Waals surface area contributed by atoms with Crippen LogP contribution in [0.4, 0.5) is 0 Å². The summed E-state index contributed by atoms with van der Waals surface area (Å²) < 4.78 is 6.72. The molecule has 8 heteroatoms. The number of fused-ring (bicyclic) bond motifs is 1. The predicted molar refractivity (Wildman–Crippen MR) is 119 cm³/mol. The fourth-order valence-electron chi connectivity index (χ4n) is 2.85. The topological polar surface area (TPSA) is 95.8 Å². The minimum atomic E-state index is -0.459. The lowest BCUT2D eigenvalue weighted by atomic mass is 10.1. The molecule has 4 aromatic rings. The van der Waals surface area contributed by atoms with Crippen LogP contribution in [0.3, 0.4) is 0 Å². The van der Waals surface area contributed by atoms with Crippen LogP contribution >= 0.6 is 23.1 Å². The zero-order valence-electron chi connectivity index (χ0n) is 16.6. The molecule has 0 amide bonds. The van der Waals surface area contributed by atoms with Crippen molar-refractivity contribution in [3.05, 3.63) is 64.4 Å². The largest absolute Gasteiger partial charge is 0.510 e. The van der Waals surface area contributed by atoms with Crippen LogP contribution in [0, 0.1) is 25.2 Å². The summed E-state index contributed by atoms with van der Waals surface area (Å²) in [5.41, 5.74) is 4.13. The number of aryl methyl sites for hydroxylation is 2. The Morgan fingerprint density at radius 3 is 2.70 bits per heavy atom. The van der Waals surface area contributed by atoms with Crippen molar-refractivity contribution in [2.24, 2.45) is 0 Å². The van der Waals surface area contributed by atoms with E-state index in [1.165, 1.54) is 28.7 Å². The van der Waals surface area contributed by atoms with Crippen LogP contribution in [0.1, 0.15) is 23.1 Å². The molecule has 30 heavy (non-hydrogen) atoms. The third kappa shape index (κ3) is 3.95. The van der Waals surface area contributed by atoms with Gasteiger partial charge in [-0.15, -0.1) is 21.5 Å². The summed E-state index contributed by atoms with van der Waals surface area (Å²) in [5, 5.41) is 28.9. The summed E-state index contributed by atoms with van der Waals surface area (Å²) in [6.07, 6.45) is 0. The predicted octanol–water partition coefficient (Wildman–Crippen LogP) is 5.94. The van der Waals surface area contributed by atoms with Crippen LogP contribution in [0.5, 0.6) is 0 Å². The summed E-state index contributed by atoms with van der Waals surface area (Å²) in [6.45, 7) is 5.86. The third-order valence-electron chi connectivity index (χ3n) is 4.70. The van der Waals surface area contributed by atoms with E-state index in [0.29, 0.717) is 16.1 Å². The molecule has 0 fully saturated rings. The maximum atomic E-state index is 10.7. The number of aliphatic hydroxyl groups excluding tert-OH is 1. The van der Waals surface area contributed by atoms with Crippen LogP contribution in [0.2, 0.25) is 0 Å². The maximum absolute atomic E-state index is 10.7. The van der Waals surface area contributed by atoms with Gasteiger partial charge in [-0.25, -0.2) is 4.98 Å². The van der Waals surface area contributed by atoms with Crippen molar-refractivity contribution in [1.29, 1.82) is 5.26 Å². The Labute approximate surface area is 181 Å². The van der Waals surface area contributed by atoms with Gasteiger partial charge < -0.3 is 9.52 Å². The molecule has 1 atom stereocenters. The number of nitrogens with zero attached hydrogens (tertiary/aromatic N) is 4. The maximum Gasteiger partial charge on any atom is 0.277 e. The molecule has 0 radical (unpaired) electrons. The van der Waals surface area contributed by atoms with Gasteiger partial charge in [0.1, 0.15) is 22.4 Å². The van der Waals surface area contributed by atoms with Crippen LogP contribution in [-0.2, 0) is 0 Å². The van der Waals surface area contributed by atoms with Crippen molar-refractivity contribution in [3.8, 4) is 17.5 Å². The molecule has 1 unspecified atom stereocenters. The summed E-state index contributed by atoms with van der Waals surface area (Å²) in [4.78, 5) is 4.47. The molecule has 0 bridgehead atoms. The number of rotatable bonds is 5. The van der Waals surface area contributed by atoms with Gasteiger partial charge in [-0.2, -0.15) is 5.26 Å². The number of hydrogen-bond donors (Lipinski definition) is 1. The van der Waals surface area contributed by atoms with Gasteiger partial charge in [0.05, 0.1) is 15.5 Å². The van der Waals surface area contributed by atoms with Gasteiger partial charge in [0, 0.05) is 5.56 Å². The van der Waals surface area contributed by atoms with Crippen molar-refractivity contribution in [1.82, 2.24) is 15.2 Å². The van der Waals surface area contributed by atoms with Gasteiger partial charge >= 0.3 is 0 Å². The summed E-state index contributed by atoms with van der Waals surface area (Å²) in [6, 6.07) is 15.7. The SMILES string of the molecule is Cc1ccc(-c2nnc(SC(C)/C(O)=C(\C#N)c3nc4ccccc4s3)o2)cc1C. The van der Waals surface area contributed by atoms with E-state index in [-0.39, 0.29) is 11.3 Å². The summed E-state index contributed by atoms with van der Waals surface area (Å²) in [5.74, 6) is 0.357. The van der Waals surface area contributed by atoms with Gasteiger partial charge in [0.15, 0.2) is 0 Å². The van der Waals surface area contributed by atoms with E-state index < -0.39 is 5.25 Å². The van der Waals surface area contributed by atoms with E-state index >= 15 is 0 Å². The molecule has 0 aliphatic carbocycles. The number of para-hydroxylation sites is 1. The highest BCUT2D eigenvalue weighted by Gasteiger charge is 2.21. The quantitative estimate of drug-likeness (QED) is 0.236. The Balaban J connectivity index is 1.58. The minimum Gasteiger partial charge on any atom is -0.510 e. The van der Waals surface area contributed by atoms with Crippen molar-refractivity contribution in [2.45, 2.75) is 31.2 Å². The Hall–Kier alpha value is -3.15. The van der Waals surface area contributed by atoms with Crippen molar-refractivity contribution < 1.29 is 9.52 Å². The highest BCUT2D eigenvalue weighted by Crippen LogP contribution is 2.34. The van der Waals surface area contributed by atoms with E-state index in [0.717, 1.165) is 21.3 Å². The number of nitriles is 1. The number of aromatic nitrogens is 3. The Bertz CT molecular complexity index is 1270. The summed E-state index contributed by atoms with van der Waals surface area (Å²) in [7, 11) is 0. The molecule has 4 rings (SSSR count). The second-order valence-electron chi connectivity index (χ2n) is 6.79. The lowest BCUT2D eigenvalue weighted by molar-refractivity contribution is 0.400. The molecule has 2 heterocycles. The molecule has 2 aromatic carbocycles. The second-order valence-corrected chi connectivity index (χ2v) is 9.11. The highest BCUT2D eigenvalue weighted by molar-refractivity contribution is 7.99. The fraction of sp³-hybridized carbons (Fsp3) is 0.182. The van der Waals surface area contributed by atoms with E-state index in [2.05, 4.69) is 21.3 Å². The lowest BCUT2D eigenvalue weighted by Gasteiger charge is -2.08. The van der Waals surface area contributed by atoms with Gasteiger partial charge in [0.25, 0.3) is 5.22 Å². The van der Waals surface area contributed by atoms with E-state index in [4.69, 9.17) is 4.42 Å². The first kappa shape index (κ1) is 20.1. The first-order valence-corrected chi connectivity index (χ1v) is 10.9. The molecule has 0 saturated carbocycles. The Kier molecular flexibility index (Phi) is 5.57. The summed E-state index contributed by atoms with van der Waals surface area (Å²) >= 11 is 2.57. The van der Waals surface area contributed by atoms with Crippen molar-refractivity contribution in [3.63, 3.8) is 0 Å². The monoisotopic (exact) mass is 434 g/mol. The average molecular weight is 435 g/mol. The molecule has 1 N–H and O–H groups in total. The van der Waals surface area contributed by atoms with Gasteiger partial charge in [-0.05, 0) is 56.2 Å². The molecule has 0 saturated heterocycles. The zero-order valence-corrected chi connectivity index (χ0v) is 18.2. The number of allylic oxidation sites excluding steroid dienone is 1. The fourth-order valence-corrected chi connectivity index (χ4v) is 4.57. The van der Waals surface area contributed by atoms with Crippen LogP contribution < -0.4 is 0 Å². The molecule has 6 nitrogen and oxygen atoms in total. The van der Waals surface area contributed by atoms with Crippen LogP contribution in [0.15, 0.2) is 57.9 Å². The highest BCUT2D eigenvalue weighted by atomic mass is 32.2. The van der Waals surface area contributed by atoms with Crippen LogP contribution in [-0.4, -0.2) is 25.5 Å². The van der Waals surface area contributed by atoms with Crippen molar-refractivity contribution in [2.75, 3.05) is 0 Å². The first-order chi connectivity index (χ1) is 14.5. The molecule has 0 spiro atoms. The molecule has 2 aromatic heterocycles. The molecule has 0 aliphatic heterocycles. The zero-order chi connectivity index (χ0) is 21.3. The first-order valence-electron chi connectivity index (χ1n) is 9.23. The van der Waals surface area contributed by atoms with E-state index in [9.17, 15) is 10.4 Å². The van der Waals surface area contributed by atoms with Crippen LogP contribution in [0.25, 0.3) is 27.2 Å². The molecule has 150 valence electrons. The van der Waals surface area contributed by atoms with Crippen molar-refractivity contribution >= 4 is 38.9 Å². The molecular formula is C22H18N4O2S2. The Morgan fingerprint density at radius 2 is 1.97 bits per heavy atom. The van der Waals surface area contributed by atoms with Gasteiger partial charge in [-0.1, -0.05) is 30.0 Å². The standard InChI is InChI=1S/C22H18N4O2S2/c1-12-8-9-15(10-13(12)2)20-25-26-22(28-20)29-14(3)19(27)16(11-23)21-24-17-6-4-5-7-18(17)30-21/h4-10,14,27H,1-3H3/b19-16-. The Morgan fingerprint density at radius 1 is 1.17 bits per heavy atom. The van der Waals surface area contributed by atoms with Gasteiger partial charge in [0.2, 0.25) is 5.89 Å². The number of aliphatic hydroxyl groups is 1. The number of thioether (sulfide) groups is 1. The van der Waals surface area contributed by atoms with E-state index in [1.54, 1.807) is 6.92 Å². The molecule has 0 aliphatic rings. The minimum absolute atomic E-state index is 0.0625. The molecular weight excluding hydrogens is 416 g/mol. The second kappa shape index (κ2) is 8.30. The lowest BCUT2D eigenvalue weighted by Crippen LogP contribution is -2.04.